The molecule has 0 saturated carbocycles. The Kier molecular flexibility index (Phi) is 2.81. The van der Waals surface area contributed by atoms with Gasteiger partial charge >= 0.3 is 5.97 Å². The highest BCUT2D eigenvalue weighted by atomic mass is 16.5. The van der Waals surface area contributed by atoms with E-state index in [-0.39, 0.29) is 5.97 Å². The van der Waals surface area contributed by atoms with Crippen LogP contribution in [-0.4, -0.2) is 18.1 Å². The maximum absolute atomic E-state index is 11.5. The van der Waals surface area contributed by atoms with Crippen molar-refractivity contribution in [2.24, 2.45) is 0 Å². The van der Waals surface area contributed by atoms with E-state index in [0.717, 1.165) is 36.1 Å². The van der Waals surface area contributed by atoms with E-state index in [1.165, 1.54) is 7.11 Å². The number of carbonyl (C=O) groups is 1. The lowest BCUT2D eigenvalue weighted by Gasteiger charge is -2.04. The Balaban J connectivity index is 2.38. The van der Waals surface area contributed by atoms with Gasteiger partial charge < -0.3 is 4.74 Å². The molecule has 3 nitrogen and oxygen atoms in total. The van der Waals surface area contributed by atoms with E-state index >= 15 is 0 Å². The van der Waals surface area contributed by atoms with Gasteiger partial charge in [0.25, 0.3) is 0 Å². The van der Waals surface area contributed by atoms with Crippen molar-refractivity contribution in [1.82, 2.24) is 4.98 Å². The highest BCUT2D eigenvalue weighted by Gasteiger charge is 2.22. The number of pyridine rings is 1. The Hall–Kier alpha value is -1.64. The van der Waals surface area contributed by atoms with Gasteiger partial charge in [-0.1, -0.05) is 6.07 Å². The molecule has 0 radical (unpaired) electrons. The summed E-state index contributed by atoms with van der Waals surface area (Å²) in [5, 5.41) is 0. The molecular formula is C12H13NO2. The van der Waals surface area contributed by atoms with Crippen molar-refractivity contribution in [3.63, 3.8) is 0 Å². The van der Waals surface area contributed by atoms with E-state index in [1.54, 1.807) is 6.20 Å². The molecule has 1 aromatic rings. The van der Waals surface area contributed by atoms with Crippen LogP contribution in [0.4, 0.5) is 0 Å². The number of hydrogen-bond donors (Lipinski definition) is 0. The molecule has 1 aliphatic carbocycles. The van der Waals surface area contributed by atoms with Gasteiger partial charge in [-0.25, -0.2) is 4.79 Å². The van der Waals surface area contributed by atoms with E-state index in [4.69, 9.17) is 4.74 Å². The first kappa shape index (κ1) is 9.90. The molecule has 78 valence electrons. The van der Waals surface area contributed by atoms with Crippen molar-refractivity contribution in [1.29, 1.82) is 0 Å². The zero-order chi connectivity index (χ0) is 10.7. The van der Waals surface area contributed by atoms with Crippen LogP contribution >= 0.6 is 0 Å². The highest BCUT2D eigenvalue weighted by molar-refractivity contribution is 5.98. The Morgan fingerprint density at radius 2 is 2.27 bits per heavy atom. The maximum Gasteiger partial charge on any atom is 0.334 e. The van der Waals surface area contributed by atoms with Crippen LogP contribution < -0.4 is 0 Å². The van der Waals surface area contributed by atoms with Gasteiger partial charge in [0, 0.05) is 11.8 Å². The molecule has 0 aromatic carbocycles. The second kappa shape index (κ2) is 4.26. The van der Waals surface area contributed by atoms with Crippen LogP contribution in [0, 0.1) is 0 Å². The number of allylic oxidation sites excluding steroid dienone is 1. The lowest BCUT2D eigenvalue weighted by Crippen LogP contribution is -2.04. The van der Waals surface area contributed by atoms with Crippen molar-refractivity contribution >= 4 is 11.5 Å². The predicted octanol–water partition coefficient (Wildman–Crippen LogP) is 2.19. The number of carbonyl (C=O) groups excluding carboxylic acids is 1. The maximum atomic E-state index is 11.5. The Labute approximate surface area is 88.8 Å². The standard InChI is InChI=1S/C12H13NO2/c1-15-12(14)10-6-4-5-9(10)11-7-2-3-8-13-11/h2-3,7-8H,4-6H2,1H3. The van der Waals surface area contributed by atoms with Crippen LogP contribution in [0.1, 0.15) is 25.0 Å². The minimum atomic E-state index is -0.215. The van der Waals surface area contributed by atoms with E-state index in [1.807, 2.05) is 18.2 Å². The first-order valence-electron chi connectivity index (χ1n) is 5.04. The van der Waals surface area contributed by atoms with Crippen LogP contribution in [-0.2, 0) is 9.53 Å². The number of esters is 1. The smallest absolute Gasteiger partial charge is 0.334 e. The first-order valence-corrected chi connectivity index (χ1v) is 5.04. The highest BCUT2D eigenvalue weighted by Crippen LogP contribution is 2.33. The van der Waals surface area contributed by atoms with Gasteiger partial charge in [-0.3, -0.25) is 4.98 Å². The molecule has 15 heavy (non-hydrogen) atoms. The molecule has 0 unspecified atom stereocenters. The summed E-state index contributed by atoms with van der Waals surface area (Å²) in [4.78, 5) is 15.8. The van der Waals surface area contributed by atoms with Crippen LogP contribution in [0.3, 0.4) is 0 Å². The second-order valence-electron chi connectivity index (χ2n) is 3.52. The second-order valence-corrected chi connectivity index (χ2v) is 3.52. The summed E-state index contributed by atoms with van der Waals surface area (Å²) in [5.41, 5.74) is 2.73. The molecule has 1 aliphatic rings. The fourth-order valence-corrected chi connectivity index (χ4v) is 1.92. The average Bonchev–Trinajstić information content (AvgIpc) is 2.78. The molecule has 0 bridgehead atoms. The number of ether oxygens (including phenoxy) is 1. The summed E-state index contributed by atoms with van der Waals surface area (Å²) in [5.74, 6) is -0.215. The quantitative estimate of drug-likeness (QED) is 0.691. The van der Waals surface area contributed by atoms with E-state index in [2.05, 4.69) is 4.98 Å². The van der Waals surface area contributed by atoms with Crippen LogP contribution in [0.5, 0.6) is 0 Å². The molecule has 0 aliphatic heterocycles. The molecular weight excluding hydrogens is 190 g/mol. The third kappa shape index (κ3) is 1.91. The lowest BCUT2D eigenvalue weighted by molar-refractivity contribution is -0.136. The van der Waals surface area contributed by atoms with Gasteiger partial charge in [-0.05, 0) is 37.0 Å². The van der Waals surface area contributed by atoms with Crippen molar-refractivity contribution in [3.05, 3.63) is 35.7 Å². The molecule has 0 N–H and O–H groups in total. The molecule has 1 aromatic heterocycles. The minimum absolute atomic E-state index is 0.215. The monoisotopic (exact) mass is 203 g/mol. The zero-order valence-corrected chi connectivity index (χ0v) is 8.69. The Morgan fingerprint density at radius 3 is 2.93 bits per heavy atom. The normalized spacial score (nSPS) is 15.5. The van der Waals surface area contributed by atoms with E-state index in [0.29, 0.717) is 0 Å². The van der Waals surface area contributed by atoms with Crippen molar-refractivity contribution in [2.75, 3.05) is 7.11 Å². The first-order chi connectivity index (χ1) is 7.33. The molecule has 0 spiro atoms. The number of nitrogens with zero attached hydrogens (tertiary/aromatic N) is 1. The van der Waals surface area contributed by atoms with Gasteiger partial charge in [0.05, 0.1) is 12.8 Å². The fourth-order valence-electron chi connectivity index (χ4n) is 1.92. The third-order valence-electron chi connectivity index (χ3n) is 2.62. The molecule has 3 heteroatoms. The van der Waals surface area contributed by atoms with Crippen molar-refractivity contribution < 1.29 is 9.53 Å². The number of rotatable bonds is 2. The lowest BCUT2D eigenvalue weighted by atomic mass is 10.1. The summed E-state index contributed by atoms with van der Waals surface area (Å²) in [6.07, 6.45) is 4.48. The SMILES string of the molecule is COC(=O)C1=C(c2ccccn2)CCC1. The Bertz CT molecular complexity index is 395. The van der Waals surface area contributed by atoms with Gasteiger partial charge in [-0.2, -0.15) is 0 Å². The summed E-state index contributed by atoms with van der Waals surface area (Å²) in [7, 11) is 1.42. The van der Waals surface area contributed by atoms with Crippen LogP contribution in [0.25, 0.3) is 5.57 Å². The summed E-state index contributed by atoms with van der Waals surface area (Å²) < 4.78 is 4.76. The van der Waals surface area contributed by atoms with Gasteiger partial charge in [0.15, 0.2) is 0 Å². The molecule has 2 rings (SSSR count). The summed E-state index contributed by atoms with van der Waals surface area (Å²) >= 11 is 0. The van der Waals surface area contributed by atoms with Crippen LogP contribution in [0.2, 0.25) is 0 Å². The largest absolute Gasteiger partial charge is 0.466 e. The number of methoxy groups -OCH3 is 1. The zero-order valence-electron chi connectivity index (χ0n) is 8.69. The molecule has 0 atom stereocenters. The van der Waals surface area contributed by atoms with E-state index in [9.17, 15) is 4.79 Å². The van der Waals surface area contributed by atoms with Crippen LogP contribution in [0.15, 0.2) is 30.0 Å². The fraction of sp³-hybridized carbons (Fsp3) is 0.333. The van der Waals surface area contributed by atoms with Gasteiger partial charge in [-0.15, -0.1) is 0 Å². The van der Waals surface area contributed by atoms with Gasteiger partial charge in [0.2, 0.25) is 0 Å². The summed E-state index contributed by atoms with van der Waals surface area (Å²) in [6, 6.07) is 5.74. The summed E-state index contributed by atoms with van der Waals surface area (Å²) in [6.45, 7) is 0. The molecule has 0 saturated heterocycles. The van der Waals surface area contributed by atoms with Crippen molar-refractivity contribution in [2.45, 2.75) is 19.3 Å². The number of hydrogen-bond acceptors (Lipinski definition) is 3. The third-order valence-corrected chi connectivity index (χ3v) is 2.62. The van der Waals surface area contributed by atoms with Crippen molar-refractivity contribution in [3.8, 4) is 0 Å². The molecule has 0 amide bonds. The van der Waals surface area contributed by atoms with E-state index < -0.39 is 0 Å². The van der Waals surface area contributed by atoms with Gasteiger partial charge in [0.1, 0.15) is 0 Å². The minimum Gasteiger partial charge on any atom is -0.466 e. The molecule has 0 fully saturated rings. The Morgan fingerprint density at radius 1 is 1.40 bits per heavy atom. The number of aromatic nitrogens is 1. The topological polar surface area (TPSA) is 39.2 Å². The molecule has 1 heterocycles. The average molecular weight is 203 g/mol. The predicted molar refractivity (Wildman–Crippen MR) is 57.0 cm³/mol.